The normalized spacial score (nSPS) is 11.6. The lowest BCUT2D eigenvalue weighted by atomic mass is 10.1. The van der Waals surface area contributed by atoms with Crippen LogP contribution >= 0.6 is 0 Å². The second kappa shape index (κ2) is 14.3. The monoisotopic (exact) mass is 434 g/mol. The molecular formula is C23H38N4O4. The molecule has 0 atom stereocenters. The Morgan fingerprint density at radius 3 is 2.35 bits per heavy atom. The molecule has 0 heterocycles. The molecule has 8 heteroatoms. The Morgan fingerprint density at radius 2 is 1.74 bits per heavy atom. The average molecular weight is 435 g/mol. The summed E-state index contributed by atoms with van der Waals surface area (Å²) in [6.45, 7) is 9.77. The average Bonchev–Trinajstić information content (AvgIpc) is 2.70. The summed E-state index contributed by atoms with van der Waals surface area (Å²) in [5, 5.41) is 9.31. The van der Waals surface area contributed by atoms with Gasteiger partial charge in [0.25, 0.3) is 0 Å². The fraction of sp³-hybridized carbons (Fsp3) is 0.609. The maximum atomic E-state index is 11.8. The van der Waals surface area contributed by atoms with E-state index in [1.807, 2.05) is 52.0 Å². The molecule has 8 nitrogen and oxygen atoms in total. The number of aliphatic imine (C=N–C) groups is 1. The third-order valence-corrected chi connectivity index (χ3v) is 4.19. The topological polar surface area (TPSA) is 101 Å². The molecule has 1 amide bonds. The van der Waals surface area contributed by atoms with Crippen molar-refractivity contribution in [2.24, 2.45) is 4.99 Å². The molecule has 0 aliphatic rings. The molecule has 1 aromatic rings. The van der Waals surface area contributed by atoms with Gasteiger partial charge < -0.3 is 20.1 Å². The molecule has 1 rings (SSSR count). The van der Waals surface area contributed by atoms with Crippen LogP contribution in [-0.2, 0) is 20.7 Å². The van der Waals surface area contributed by atoms with E-state index in [1.165, 1.54) is 7.11 Å². The number of carbonyl (C=O) groups is 2. The summed E-state index contributed by atoms with van der Waals surface area (Å²) in [5.74, 6) is 0.630. The van der Waals surface area contributed by atoms with Gasteiger partial charge in [-0.2, -0.15) is 0 Å². The summed E-state index contributed by atoms with van der Waals surface area (Å²) >= 11 is 0. The van der Waals surface area contributed by atoms with Crippen molar-refractivity contribution in [3.8, 4) is 0 Å². The lowest BCUT2D eigenvalue weighted by Crippen LogP contribution is -2.38. The fourth-order valence-corrected chi connectivity index (χ4v) is 2.69. The molecular weight excluding hydrogens is 396 g/mol. The van der Waals surface area contributed by atoms with E-state index >= 15 is 0 Å². The van der Waals surface area contributed by atoms with E-state index in [0.29, 0.717) is 18.7 Å². The van der Waals surface area contributed by atoms with E-state index < -0.39 is 11.7 Å². The highest BCUT2D eigenvalue weighted by Crippen LogP contribution is 2.13. The maximum Gasteiger partial charge on any atom is 0.412 e. The molecule has 0 fully saturated rings. The van der Waals surface area contributed by atoms with Gasteiger partial charge in [-0.15, -0.1) is 0 Å². The number of anilines is 1. The first-order chi connectivity index (χ1) is 14.7. The number of methoxy groups -OCH3 is 1. The largest absolute Gasteiger partial charge is 0.469 e. The maximum absolute atomic E-state index is 11.8. The van der Waals surface area contributed by atoms with Crippen molar-refractivity contribution in [1.29, 1.82) is 0 Å². The number of benzene rings is 1. The summed E-state index contributed by atoms with van der Waals surface area (Å²) in [6.07, 6.45) is 3.53. The lowest BCUT2D eigenvalue weighted by Gasteiger charge is -2.19. The van der Waals surface area contributed by atoms with Crippen molar-refractivity contribution in [1.82, 2.24) is 10.6 Å². The zero-order valence-corrected chi connectivity index (χ0v) is 19.5. The van der Waals surface area contributed by atoms with Crippen LogP contribution in [0.2, 0.25) is 0 Å². The Labute approximate surface area is 186 Å². The van der Waals surface area contributed by atoms with Gasteiger partial charge in [-0.05, 0) is 64.7 Å². The molecule has 0 bridgehead atoms. The molecule has 0 saturated carbocycles. The highest BCUT2D eigenvalue weighted by atomic mass is 16.6. The van der Waals surface area contributed by atoms with Gasteiger partial charge in [-0.25, -0.2) is 4.79 Å². The number of ether oxygens (including phenoxy) is 2. The van der Waals surface area contributed by atoms with Crippen LogP contribution in [0.5, 0.6) is 0 Å². The smallest absolute Gasteiger partial charge is 0.412 e. The molecule has 1 aromatic carbocycles. The van der Waals surface area contributed by atoms with Crippen molar-refractivity contribution >= 4 is 23.7 Å². The minimum absolute atomic E-state index is 0.160. The minimum Gasteiger partial charge on any atom is -0.469 e. The second-order valence-corrected chi connectivity index (χ2v) is 8.15. The van der Waals surface area contributed by atoms with E-state index in [-0.39, 0.29) is 5.97 Å². The van der Waals surface area contributed by atoms with Crippen molar-refractivity contribution in [3.05, 3.63) is 29.8 Å². The number of guanidine groups is 1. The number of hydrogen-bond donors (Lipinski definition) is 3. The number of nitrogens with one attached hydrogen (secondary N) is 3. The van der Waals surface area contributed by atoms with Crippen molar-refractivity contribution < 1.29 is 19.1 Å². The zero-order valence-electron chi connectivity index (χ0n) is 19.5. The lowest BCUT2D eigenvalue weighted by molar-refractivity contribution is -0.140. The molecule has 0 radical (unpaired) electrons. The highest BCUT2D eigenvalue weighted by molar-refractivity contribution is 5.84. The molecule has 174 valence electrons. The van der Waals surface area contributed by atoms with Crippen LogP contribution in [0.4, 0.5) is 10.5 Å². The third-order valence-electron chi connectivity index (χ3n) is 4.19. The Balaban J connectivity index is 2.36. The number of amides is 1. The quantitative estimate of drug-likeness (QED) is 0.212. The van der Waals surface area contributed by atoms with Crippen LogP contribution in [-0.4, -0.2) is 50.4 Å². The minimum atomic E-state index is -0.523. The van der Waals surface area contributed by atoms with E-state index in [4.69, 9.17) is 4.74 Å². The number of nitrogens with zero attached hydrogens (tertiary/aromatic N) is 1. The molecule has 31 heavy (non-hydrogen) atoms. The Bertz CT molecular complexity index is 697. The van der Waals surface area contributed by atoms with Crippen LogP contribution in [0, 0.1) is 0 Å². The fourth-order valence-electron chi connectivity index (χ4n) is 2.69. The summed E-state index contributed by atoms with van der Waals surface area (Å²) in [7, 11) is 1.41. The van der Waals surface area contributed by atoms with E-state index in [1.54, 1.807) is 0 Å². The first kappa shape index (κ1) is 26.3. The van der Waals surface area contributed by atoms with Gasteiger partial charge in [0, 0.05) is 31.7 Å². The van der Waals surface area contributed by atoms with Gasteiger partial charge in [0.2, 0.25) is 0 Å². The van der Waals surface area contributed by atoms with Crippen LogP contribution in [0.15, 0.2) is 29.3 Å². The highest BCUT2D eigenvalue weighted by Gasteiger charge is 2.16. The number of hydrogen-bond acceptors (Lipinski definition) is 5. The first-order valence-electron chi connectivity index (χ1n) is 10.9. The third kappa shape index (κ3) is 13.2. The van der Waals surface area contributed by atoms with E-state index in [2.05, 4.69) is 25.7 Å². The molecule has 0 spiro atoms. The molecule has 0 aliphatic heterocycles. The standard InChI is InChI=1S/C23H38N4O4/c1-6-24-21(25-16-9-7-8-10-20(28)30-5)26-17-15-18-11-13-19(14-12-18)27-22(29)31-23(2,3)4/h11-14H,6-10,15-17H2,1-5H3,(H,27,29)(H2,24,25,26). The Morgan fingerprint density at radius 1 is 1.03 bits per heavy atom. The summed E-state index contributed by atoms with van der Waals surface area (Å²) < 4.78 is 9.89. The Kier molecular flexibility index (Phi) is 12.1. The van der Waals surface area contributed by atoms with Gasteiger partial charge in [0.15, 0.2) is 5.96 Å². The van der Waals surface area contributed by atoms with E-state index in [9.17, 15) is 9.59 Å². The van der Waals surface area contributed by atoms with Gasteiger partial charge in [0.1, 0.15) is 5.60 Å². The number of rotatable bonds is 11. The van der Waals surface area contributed by atoms with E-state index in [0.717, 1.165) is 50.3 Å². The second-order valence-electron chi connectivity index (χ2n) is 8.15. The molecule has 0 saturated heterocycles. The SMILES string of the molecule is CCNC(=NCCCCCC(=O)OC)NCCc1ccc(NC(=O)OC(C)(C)C)cc1. The number of unbranched alkanes of at least 4 members (excludes halogenated alkanes) is 2. The number of carbonyl (C=O) groups excluding carboxylic acids is 2. The summed E-state index contributed by atoms with van der Waals surface area (Å²) in [4.78, 5) is 27.5. The van der Waals surface area contributed by atoms with Crippen molar-refractivity contribution in [2.45, 2.75) is 65.4 Å². The molecule has 0 unspecified atom stereocenters. The van der Waals surface area contributed by atoms with Gasteiger partial charge >= 0.3 is 12.1 Å². The van der Waals surface area contributed by atoms with Gasteiger partial charge in [-0.3, -0.25) is 15.1 Å². The first-order valence-corrected chi connectivity index (χ1v) is 10.9. The summed E-state index contributed by atoms with van der Waals surface area (Å²) in [6, 6.07) is 7.71. The summed E-state index contributed by atoms with van der Waals surface area (Å²) in [5.41, 5.74) is 1.33. The molecule has 0 aliphatic carbocycles. The predicted octanol–water partition coefficient (Wildman–Crippen LogP) is 3.86. The van der Waals surface area contributed by atoms with Crippen LogP contribution in [0.1, 0.15) is 58.9 Å². The van der Waals surface area contributed by atoms with Gasteiger partial charge in [0.05, 0.1) is 7.11 Å². The van der Waals surface area contributed by atoms with Gasteiger partial charge in [-0.1, -0.05) is 18.6 Å². The molecule has 0 aromatic heterocycles. The van der Waals surface area contributed by atoms with Crippen LogP contribution in [0.25, 0.3) is 0 Å². The Hall–Kier alpha value is -2.77. The molecule has 3 N–H and O–H groups in total. The zero-order chi connectivity index (χ0) is 23.1. The van der Waals surface area contributed by atoms with Crippen LogP contribution < -0.4 is 16.0 Å². The van der Waals surface area contributed by atoms with Crippen LogP contribution in [0.3, 0.4) is 0 Å². The number of esters is 1. The van der Waals surface area contributed by atoms with Crippen molar-refractivity contribution in [2.75, 3.05) is 32.1 Å². The van der Waals surface area contributed by atoms with Crippen molar-refractivity contribution in [3.63, 3.8) is 0 Å². The predicted molar refractivity (Wildman–Crippen MR) is 124 cm³/mol.